The van der Waals surface area contributed by atoms with Gasteiger partial charge in [-0.25, -0.2) is 9.78 Å². The second-order valence-electron chi connectivity index (χ2n) is 7.76. The quantitative estimate of drug-likeness (QED) is 0.157. The van der Waals surface area contributed by atoms with Crippen molar-refractivity contribution in [3.8, 4) is 0 Å². The normalized spacial score (nSPS) is 13.2. The maximum atomic E-state index is 13.1. The van der Waals surface area contributed by atoms with Gasteiger partial charge in [-0.3, -0.25) is 19.2 Å². The minimum atomic E-state index is -1.39. The van der Waals surface area contributed by atoms with Crippen LogP contribution < -0.4 is 27.4 Å². The molecule has 1 heterocycles. The van der Waals surface area contributed by atoms with Crippen molar-refractivity contribution in [3.63, 3.8) is 0 Å². The molecule has 0 saturated carbocycles. The number of amides is 4. The van der Waals surface area contributed by atoms with Crippen molar-refractivity contribution in [1.29, 1.82) is 0 Å². The van der Waals surface area contributed by atoms with Gasteiger partial charge in [0.25, 0.3) is 0 Å². The molecule has 0 aliphatic rings. The lowest BCUT2D eigenvalue weighted by atomic mass is 10.0. The van der Waals surface area contributed by atoms with E-state index >= 15 is 0 Å². The van der Waals surface area contributed by atoms with Crippen molar-refractivity contribution in [2.75, 3.05) is 6.54 Å². The summed E-state index contributed by atoms with van der Waals surface area (Å²) in [6, 6.07) is 5.12. The average Bonchev–Trinajstić information content (AvgIpc) is 3.34. The lowest BCUT2D eigenvalue weighted by Crippen LogP contribution is -2.57. The van der Waals surface area contributed by atoms with Gasteiger partial charge in [0.1, 0.15) is 18.1 Å². The van der Waals surface area contributed by atoms with Crippen LogP contribution in [0.5, 0.6) is 0 Å². The summed E-state index contributed by atoms with van der Waals surface area (Å²) >= 11 is 0. The number of nitrogens with zero attached hydrogens (tertiary/aromatic N) is 1. The van der Waals surface area contributed by atoms with E-state index in [9.17, 15) is 29.1 Å². The number of aromatic nitrogens is 2. The van der Waals surface area contributed by atoms with Gasteiger partial charge in [0.2, 0.25) is 23.6 Å². The summed E-state index contributed by atoms with van der Waals surface area (Å²) in [6.45, 7) is -0.346. The van der Waals surface area contributed by atoms with Crippen LogP contribution in [0.3, 0.4) is 0 Å². The first-order valence-corrected chi connectivity index (χ1v) is 10.8. The number of imidazole rings is 1. The number of rotatable bonds is 14. The zero-order chi connectivity index (χ0) is 25.8. The molecule has 13 nitrogen and oxygen atoms in total. The number of carboxylic acids is 1. The molecule has 0 bridgehead atoms. The Morgan fingerprint density at radius 2 is 1.57 bits per heavy atom. The average molecular weight is 488 g/mol. The van der Waals surface area contributed by atoms with E-state index in [-0.39, 0.29) is 32.2 Å². The lowest BCUT2D eigenvalue weighted by molar-refractivity contribution is -0.142. The molecule has 0 fully saturated rings. The van der Waals surface area contributed by atoms with Crippen molar-refractivity contribution in [2.24, 2.45) is 11.5 Å². The highest BCUT2D eigenvalue weighted by Gasteiger charge is 2.30. The van der Waals surface area contributed by atoms with E-state index in [1.807, 2.05) is 0 Å². The van der Waals surface area contributed by atoms with E-state index in [4.69, 9.17) is 11.5 Å². The summed E-state index contributed by atoms with van der Waals surface area (Å²) in [7, 11) is 0. The van der Waals surface area contributed by atoms with Gasteiger partial charge in [0.05, 0.1) is 12.9 Å². The van der Waals surface area contributed by atoms with Gasteiger partial charge in [0, 0.05) is 31.2 Å². The van der Waals surface area contributed by atoms with Crippen molar-refractivity contribution in [2.45, 2.75) is 43.8 Å². The van der Waals surface area contributed by atoms with Crippen LogP contribution in [0.4, 0.5) is 0 Å². The standard InChI is InChI=1S/C22H29N7O6/c23-10-19(31)27-17(9-14-11-25-12-26-14)21(33)29-16(8-13-4-2-1-3-5-13)20(32)28-15(22(34)35)6-7-18(24)30/h1-5,11-12,15-17H,6-10,23H2,(H2,24,30)(H,25,26)(H,27,31)(H,28,32)(H,29,33)(H,34,35). The fourth-order valence-corrected chi connectivity index (χ4v) is 3.23. The van der Waals surface area contributed by atoms with Crippen LogP contribution in [0.15, 0.2) is 42.9 Å². The van der Waals surface area contributed by atoms with E-state index in [0.717, 1.165) is 0 Å². The molecule has 0 aliphatic heterocycles. The van der Waals surface area contributed by atoms with Crippen LogP contribution in [0.25, 0.3) is 0 Å². The minimum absolute atomic E-state index is 0.0438. The molecule has 3 atom stereocenters. The maximum Gasteiger partial charge on any atom is 0.326 e. The number of nitrogens with two attached hydrogens (primary N) is 2. The Labute approximate surface area is 201 Å². The molecule has 3 unspecified atom stereocenters. The highest BCUT2D eigenvalue weighted by molar-refractivity contribution is 5.94. The van der Waals surface area contributed by atoms with Gasteiger partial charge < -0.3 is 37.5 Å². The third kappa shape index (κ3) is 9.25. The third-order valence-corrected chi connectivity index (χ3v) is 5.03. The molecule has 35 heavy (non-hydrogen) atoms. The van der Waals surface area contributed by atoms with Crippen molar-refractivity contribution in [3.05, 3.63) is 54.1 Å². The molecule has 2 rings (SSSR count). The number of H-pyrrole nitrogens is 1. The second-order valence-corrected chi connectivity index (χ2v) is 7.76. The summed E-state index contributed by atoms with van der Waals surface area (Å²) in [5.41, 5.74) is 11.7. The predicted octanol–water partition coefficient (Wildman–Crippen LogP) is -2.04. The van der Waals surface area contributed by atoms with Gasteiger partial charge in [-0.15, -0.1) is 0 Å². The highest BCUT2D eigenvalue weighted by Crippen LogP contribution is 2.07. The molecule has 13 heteroatoms. The number of carboxylic acid groups (broad SMARTS) is 1. The zero-order valence-electron chi connectivity index (χ0n) is 18.9. The van der Waals surface area contributed by atoms with Crippen LogP contribution in [0.2, 0.25) is 0 Å². The maximum absolute atomic E-state index is 13.1. The van der Waals surface area contributed by atoms with Crippen LogP contribution in [0, 0.1) is 0 Å². The van der Waals surface area contributed by atoms with Gasteiger partial charge in [-0.05, 0) is 12.0 Å². The Balaban J connectivity index is 2.22. The van der Waals surface area contributed by atoms with E-state index in [2.05, 4.69) is 25.9 Å². The molecule has 4 amide bonds. The molecule has 2 aromatic rings. The van der Waals surface area contributed by atoms with E-state index in [1.54, 1.807) is 30.3 Å². The number of hydrogen-bond acceptors (Lipinski definition) is 7. The summed E-state index contributed by atoms with van der Waals surface area (Å²) in [5, 5.41) is 16.9. The Kier molecular flexibility index (Phi) is 10.4. The number of hydrogen-bond donors (Lipinski definition) is 7. The van der Waals surface area contributed by atoms with Crippen molar-refractivity contribution < 1.29 is 29.1 Å². The van der Waals surface area contributed by atoms with Crippen LogP contribution in [-0.4, -0.2) is 69.3 Å². The van der Waals surface area contributed by atoms with Crippen LogP contribution in [0.1, 0.15) is 24.1 Å². The molecule has 1 aromatic carbocycles. The molecular formula is C22H29N7O6. The largest absolute Gasteiger partial charge is 0.480 e. The van der Waals surface area contributed by atoms with Crippen LogP contribution in [-0.2, 0) is 36.8 Å². The Morgan fingerprint density at radius 1 is 0.943 bits per heavy atom. The van der Waals surface area contributed by atoms with Crippen LogP contribution >= 0.6 is 0 Å². The molecule has 0 aliphatic carbocycles. The first-order chi connectivity index (χ1) is 16.7. The summed E-state index contributed by atoms with van der Waals surface area (Å²) in [5.74, 6) is -4.09. The number of nitrogens with one attached hydrogen (secondary N) is 4. The molecule has 0 spiro atoms. The van der Waals surface area contributed by atoms with Gasteiger partial charge in [0.15, 0.2) is 0 Å². The van der Waals surface area contributed by atoms with E-state index in [0.29, 0.717) is 11.3 Å². The van der Waals surface area contributed by atoms with Gasteiger partial charge >= 0.3 is 5.97 Å². The molecule has 9 N–H and O–H groups in total. The second kappa shape index (κ2) is 13.4. The topological polar surface area (TPSA) is 222 Å². The lowest BCUT2D eigenvalue weighted by Gasteiger charge is -2.24. The zero-order valence-corrected chi connectivity index (χ0v) is 18.9. The van der Waals surface area contributed by atoms with Gasteiger partial charge in [-0.1, -0.05) is 30.3 Å². The van der Waals surface area contributed by atoms with E-state index in [1.165, 1.54) is 12.5 Å². The van der Waals surface area contributed by atoms with Crippen molar-refractivity contribution in [1.82, 2.24) is 25.9 Å². The Hall–Kier alpha value is -4.26. The third-order valence-electron chi connectivity index (χ3n) is 5.03. The number of carbonyl (C=O) groups is 5. The number of benzene rings is 1. The Bertz CT molecular complexity index is 1010. The highest BCUT2D eigenvalue weighted by atomic mass is 16.4. The first-order valence-electron chi connectivity index (χ1n) is 10.8. The summed E-state index contributed by atoms with van der Waals surface area (Å²) in [4.78, 5) is 67.4. The fourth-order valence-electron chi connectivity index (χ4n) is 3.23. The smallest absolute Gasteiger partial charge is 0.326 e. The minimum Gasteiger partial charge on any atom is -0.480 e. The number of primary amides is 1. The molecule has 188 valence electrons. The molecule has 0 radical (unpaired) electrons. The molecule has 0 saturated heterocycles. The predicted molar refractivity (Wildman–Crippen MR) is 123 cm³/mol. The SMILES string of the molecule is NCC(=O)NC(Cc1cnc[nH]1)C(=O)NC(Cc1ccccc1)C(=O)NC(CCC(N)=O)C(=O)O. The molecular weight excluding hydrogens is 458 g/mol. The number of carbonyl (C=O) groups excluding carboxylic acids is 4. The first kappa shape index (κ1) is 27.0. The molecule has 1 aromatic heterocycles. The summed E-state index contributed by atoms with van der Waals surface area (Å²) in [6.07, 6.45) is 2.54. The van der Waals surface area contributed by atoms with Crippen molar-refractivity contribution >= 4 is 29.6 Å². The fraction of sp³-hybridized carbons (Fsp3) is 0.364. The Morgan fingerprint density at radius 3 is 2.11 bits per heavy atom. The monoisotopic (exact) mass is 487 g/mol. The number of aliphatic carboxylic acids is 1. The van der Waals surface area contributed by atoms with Gasteiger partial charge in [-0.2, -0.15) is 0 Å². The summed E-state index contributed by atoms with van der Waals surface area (Å²) < 4.78 is 0. The number of aromatic amines is 1. The van der Waals surface area contributed by atoms with E-state index < -0.39 is 47.7 Å².